The van der Waals surface area contributed by atoms with Gasteiger partial charge < -0.3 is 15.6 Å². The maximum Gasteiger partial charge on any atom is 0.251 e. The third-order valence-electron chi connectivity index (χ3n) is 4.19. The van der Waals surface area contributed by atoms with E-state index in [0.29, 0.717) is 18.5 Å². The molecule has 1 aromatic heterocycles. The van der Waals surface area contributed by atoms with Crippen LogP contribution in [0.5, 0.6) is 0 Å². The van der Waals surface area contributed by atoms with E-state index < -0.39 is 5.91 Å². The molecule has 0 aliphatic rings. The molecule has 2 aromatic carbocycles. The molecular weight excluding hydrogens is 328 g/mol. The number of rotatable bonds is 7. The first kappa shape index (κ1) is 17.7. The zero-order chi connectivity index (χ0) is 18.5. The van der Waals surface area contributed by atoms with Gasteiger partial charge >= 0.3 is 0 Å². The first-order valence-corrected chi connectivity index (χ1v) is 8.62. The van der Waals surface area contributed by atoms with E-state index in [2.05, 4.69) is 10.3 Å². The van der Waals surface area contributed by atoms with Gasteiger partial charge in [-0.3, -0.25) is 9.59 Å². The fraction of sp³-hybridized carbons (Fsp3) is 0.250. The number of aromatic nitrogens is 2. The van der Waals surface area contributed by atoms with Gasteiger partial charge in [-0.05, 0) is 37.6 Å². The Kier molecular flexibility index (Phi) is 5.31. The van der Waals surface area contributed by atoms with Gasteiger partial charge in [-0.2, -0.15) is 0 Å². The third-order valence-corrected chi connectivity index (χ3v) is 4.19. The molecule has 6 nitrogen and oxygen atoms in total. The number of aryl methyl sites for hydroxylation is 2. The summed E-state index contributed by atoms with van der Waals surface area (Å²) in [5, 5.41) is 2.92. The highest BCUT2D eigenvalue weighted by Gasteiger charge is 2.12. The molecule has 134 valence electrons. The van der Waals surface area contributed by atoms with Crippen molar-refractivity contribution in [3.63, 3.8) is 0 Å². The Morgan fingerprint density at radius 1 is 1.15 bits per heavy atom. The van der Waals surface area contributed by atoms with Crippen molar-refractivity contribution >= 4 is 22.8 Å². The summed E-state index contributed by atoms with van der Waals surface area (Å²) in [7, 11) is 0. The van der Waals surface area contributed by atoms with E-state index in [4.69, 9.17) is 5.73 Å². The number of carbonyl (C=O) groups is 2. The zero-order valence-electron chi connectivity index (χ0n) is 14.7. The zero-order valence-corrected chi connectivity index (χ0v) is 14.7. The molecule has 2 amide bonds. The number of primary amides is 1. The van der Waals surface area contributed by atoms with Crippen molar-refractivity contribution in [1.82, 2.24) is 14.9 Å². The molecule has 0 atom stereocenters. The number of para-hydroxylation sites is 2. The molecular formula is C20H22N4O2. The minimum Gasteiger partial charge on any atom is -0.368 e. The summed E-state index contributed by atoms with van der Waals surface area (Å²) in [4.78, 5) is 28.1. The first-order valence-electron chi connectivity index (χ1n) is 8.62. The van der Waals surface area contributed by atoms with Crippen LogP contribution < -0.4 is 11.1 Å². The lowest BCUT2D eigenvalue weighted by Crippen LogP contribution is -2.25. The molecule has 3 aromatic rings. The van der Waals surface area contributed by atoms with Crippen molar-refractivity contribution in [2.24, 2.45) is 5.73 Å². The minimum atomic E-state index is -0.401. The van der Waals surface area contributed by atoms with Crippen molar-refractivity contribution in [3.8, 4) is 0 Å². The molecule has 3 N–H and O–H groups in total. The maximum absolute atomic E-state index is 12.2. The van der Waals surface area contributed by atoms with E-state index in [1.807, 2.05) is 54.0 Å². The molecule has 0 radical (unpaired) electrons. The SMILES string of the molecule is Cc1cccc(C(=O)NCCCc2nc3ccccc3n2CC(N)=O)c1. The number of nitrogens with zero attached hydrogens (tertiary/aromatic N) is 2. The molecule has 26 heavy (non-hydrogen) atoms. The van der Waals surface area contributed by atoms with Gasteiger partial charge in [0.1, 0.15) is 12.4 Å². The monoisotopic (exact) mass is 350 g/mol. The van der Waals surface area contributed by atoms with Crippen molar-refractivity contribution in [2.45, 2.75) is 26.3 Å². The number of fused-ring (bicyclic) bond motifs is 1. The molecule has 0 aliphatic heterocycles. The second-order valence-corrected chi connectivity index (χ2v) is 6.30. The maximum atomic E-state index is 12.2. The second-order valence-electron chi connectivity index (χ2n) is 6.30. The highest BCUT2D eigenvalue weighted by Crippen LogP contribution is 2.17. The van der Waals surface area contributed by atoms with Gasteiger partial charge in [0.15, 0.2) is 0 Å². The van der Waals surface area contributed by atoms with E-state index in [1.54, 1.807) is 6.07 Å². The predicted octanol–water partition coefficient (Wildman–Crippen LogP) is 2.19. The number of benzene rings is 2. The van der Waals surface area contributed by atoms with E-state index >= 15 is 0 Å². The van der Waals surface area contributed by atoms with Gasteiger partial charge in [0.25, 0.3) is 5.91 Å². The van der Waals surface area contributed by atoms with Crippen LogP contribution in [0.3, 0.4) is 0 Å². The van der Waals surface area contributed by atoms with Crippen LogP contribution in [0.25, 0.3) is 11.0 Å². The highest BCUT2D eigenvalue weighted by molar-refractivity contribution is 5.94. The molecule has 0 fully saturated rings. The van der Waals surface area contributed by atoms with Gasteiger partial charge in [-0.1, -0.05) is 29.8 Å². The lowest BCUT2D eigenvalue weighted by Gasteiger charge is -2.08. The van der Waals surface area contributed by atoms with Gasteiger partial charge in [0, 0.05) is 18.5 Å². The fourth-order valence-corrected chi connectivity index (χ4v) is 2.99. The Morgan fingerprint density at radius 2 is 1.96 bits per heavy atom. The van der Waals surface area contributed by atoms with Gasteiger partial charge in [-0.25, -0.2) is 4.98 Å². The highest BCUT2D eigenvalue weighted by atomic mass is 16.2. The number of nitrogens with one attached hydrogen (secondary N) is 1. The minimum absolute atomic E-state index is 0.0839. The van der Waals surface area contributed by atoms with Gasteiger partial charge in [0.2, 0.25) is 5.91 Å². The van der Waals surface area contributed by atoms with Crippen LogP contribution in [0.2, 0.25) is 0 Å². The molecule has 0 aliphatic carbocycles. The van der Waals surface area contributed by atoms with Crippen LogP contribution in [0, 0.1) is 6.92 Å². The molecule has 0 saturated heterocycles. The topological polar surface area (TPSA) is 90.0 Å². The Balaban J connectivity index is 1.63. The first-order chi connectivity index (χ1) is 12.5. The van der Waals surface area contributed by atoms with Crippen LogP contribution in [-0.2, 0) is 17.8 Å². The Labute approximate surface area is 152 Å². The van der Waals surface area contributed by atoms with E-state index in [1.165, 1.54) is 0 Å². The van der Waals surface area contributed by atoms with Crippen molar-refractivity contribution in [3.05, 3.63) is 65.5 Å². The number of hydrogen-bond acceptors (Lipinski definition) is 3. The molecule has 0 unspecified atom stereocenters. The van der Waals surface area contributed by atoms with Gasteiger partial charge in [0.05, 0.1) is 11.0 Å². The average Bonchev–Trinajstić information content (AvgIpc) is 2.95. The molecule has 1 heterocycles. The summed E-state index contributed by atoms with van der Waals surface area (Å²) in [6, 6.07) is 15.2. The van der Waals surface area contributed by atoms with Crippen molar-refractivity contribution in [2.75, 3.05) is 6.54 Å². The van der Waals surface area contributed by atoms with Crippen LogP contribution >= 0.6 is 0 Å². The standard InChI is InChI=1S/C20H22N4O2/c1-14-6-4-7-15(12-14)20(26)22-11-5-10-19-23-16-8-2-3-9-17(16)24(19)13-18(21)25/h2-4,6-9,12H,5,10-11,13H2,1H3,(H2,21,25)(H,22,26). The molecule has 6 heteroatoms. The Morgan fingerprint density at radius 3 is 2.73 bits per heavy atom. The third kappa shape index (κ3) is 4.08. The Hall–Kier alpha value is -3.15. The number of amides is 2. The van der Waals surface area contributed by atoms with E-state index in [0.717, 1.165) is 28.8 Å². The Bertz CT molecular complexity index is 946. The average molecular weight is 350 g/mol. The normalized spacial score (nSPS) is 10.8. The number of carbonyl (C=O) groups excluding carboxylic acids is 2. The van der Waals surface area contributed by atoms with E-state index in [9.17, 15) is 9.59 Å². The summed E-state index contributed by atoms with van der Waals surface area (Å²) >= 11 is 0. The number of hydrogen-bond donors (Lipinski definition) is 2. The van der Waals surface area contributed by atoms with Crippen LogP contribution in [0.1, 0.15) is 28.2 Å². The molecule has 0 spiro atoms. The summed E-state index contributed by atoms with van der Waals surface area (Å²) in [5.41, 5.74) is 8.82. The largest absolute Gasteiger partial charge is 0.368 e. The quantitative estimate of drug-likeness (QED) is 0.640. The van der Waals surface area contributed by atoms with Crippen LogP contribution in [0.4, 0.5) is 0 Å². The smallest absolute Gasteiger partial charge is 0.251 e. The number of nitrogens with two attached hydrogens (primary N) is 1. The summed E-state index contributed by atoms with van der Waals surface area (Å²) in [6.45, 7) is 2.60. The lowest BCUT2D eigenvalue weighted by molar-refractivity contribution is -0.118. The van der Waals surface area contributed by atoms with Gasteiger partial charge in [-0.15, -0.1) is 0 Å². The van der Waals surface area contributed by atoms with Crippen LogP contribution in [0.15, 0.2) is 48.5 Å². The number of imidazole rings is 1. The molecule has 3 rings (SSSR count). The van der Waals surface area contributed by atoms with Crippen molar-refractivity contribution in [1.29, 1.82) is 0 Å². The van der Waals surface area contributed by atoms with E-state index in [-0.39, 0.29) is 12.5 Å². The summed E-state index contributed by atoms with van der Waals surface area (Å²) < 4.78 is 1.85. The van der Waals surface area contributed by atoms with Crippen LogP contribution in [-0.4, -0.2) is 27.9 Å². The lowest BCUT2D eigenvalue weighted by atomic mass is 10.1. The van der Waals surface area contributed by atoms with Crippen molar-refractivity contribution < 1.29 is 9.59 Å². The fourth-order valence-electron chi connectivity index (χ4n) is 2.99. The molecule has 0 bridgehead atoms. The summed E-state index contributed by atoms with van der Waals surface area (Å²) in [6.07, 6.45) is 1.37. The predicted molar refractivity (Wildman–Crippen MR) is 101 cm³/mol. The summed E-state index contributed by atoms with van der Waals surface area (Å²) in [5.74, 6) is 0.316. The second kappa shape index (κ2) is 7.82. The molecule has 0 saturated carbocycles.